The van der Waals surface area contributed by atoms with Crippen LogP contribution in [0.4, 0.5) is 4.39 Å². The predicted molar refractivity (Wildman–Crippen MR) is 74.6 cm³/mol. The Bertz CT molecular complexity index is 768. The molecule has 2 aromatic carbocycles. The van der Waals surface area contributed by atoms with Gasteiger partial charge in [0.25, 0.3) is 0 Å². The second kappa shape index (κ2) is 6.29. The second-order valence-electron chi connectivity index (χ2n) is 4.21. The zero-order valence-corrected chi connectivity index (χ0v) is 11.6. The van der Waals surface area contributed by atoms with Gasteiger partial charge in [0.05, 0.1) is 38.6 Å². The molecular formula is C15H10FNO3S. The Morgan fingerprint density at radius 3 is 2.67 bits per heavy atom. The molecule has 0 radical (unpaired) electrons. The number of benzene rings is 2. The summed E-state index contributed by atoms with van der Waals surface area (Å²) in [7, 11) is -1.77. The Balaban J connectivity index is 2.35. The van der Waals surface area contributed by atoms with Gasteiger partial charge in [-0.3, -0.25) is 4.21 Å². The van der Waals surface area contributed by atoms with Crippen molar-refractivity contribution in [1.82, 2.24) is 0 Å². The molecule has 1 atom stereocenters. The quantitative estimate of drug-likeness (QED) is 0.942. The summed E-state index contributed by atoms with van der Waals surface area (Å²) in [4.78, 5) is 10.7. The molecule has 0 heterocycles. The van der Waals surface area contributed by atoms with Gasteiger partial charge in [-0.05, 0) is 29.8 Å². The van der Waals surface area contributed by atoms with Crippen LogP contribution < -0.4 is 0 Å². The van der Waals surface area contributed by atoms with Crippen molar-refractivity contribution < 1.29 is 18.5 Å². The standard InChI is InChI=1S/C15H10FNO3S/c16-13-6-5-10(15(18)19)7-14(13)21(20)9-12-4-2-1-3-11(12)8-17/h1-7H,9H2,(H,18,19). The van der Waals surface area contributed by atoms with Gasteiger partial charge in [-0.15, -0.1) is 0 Å². The number of carboxylic acids is 1. The lowest BCUT2D eigenvalue weighted by Crippen LogP contribution is -2.04. The first-order valence-electron chi connectivity index (χ1n) is 5.92. The fraction of sp³-hybridized carbons (Fsp3) is 0.0667. The van der Waals surface area contributed by atoms with E-state index in [1.807, 2.05) is 6.07 Å². The van der Waals surface area contributed by atoms with E-state index in [0.717, 1.165) is 18.2 Å². The predicted octanol–water partition coefficient (Wildman–Crippen LogP) is 2.70. The van der Waals surface area contributed by atoms with Gasteiger partial charge in [0.15, 0.2) is 0 Å². The molecule has 0 saturated heterocycles. The molecule has 0 aliphatic heterocycles. The molecule has 2 rings (SSSR count). The fourth-order valence-corrected chi connectivity index (χ4v) is 3.02. The summed E-state index contributed by atoms with van der Waals surface area (Å²) in [6, 6.07) is 11.7. The number of carboxylic acid groups (broad SMARTS) is 1. The lowest BCUT2D eigenvalue weighted by atomic mass is 10.1. The molecule has 6 heteroatoms. The van der Waals surface area contributed by atoms with Gasteiger partial charge >= 0.3 is 5.97 Å². The summed E-state index contributed by atoms with van der Waals surface area (Å²) in [5.74, 6) is -2.00. The monoisotopic (exact) mass is 303 g/mol. The molecular weight excluding hydrogens is 293 g/mol. The van der Waals surface area contributed by atoms with Crippen molar-refractivity contribution in [2.75, 3.05) is 0 Å². The first-order valence-corrected chi connectivity index (χ1v) is 7.24. The summed E-state index contributed by atoms with van der Waals surface area (Å²) < 4.78 is 26.0. The van der Waals surface area contributed by atoms with Gasteiger partial charge in [0.1, 0.15) is 5.82 Å². The first-order chi connectivity index (χ1) is 10.0. The average molecular weight is 303 g/mol. The van der Waals surface area contributed by atoms with Crippen LogP contribution in [-0.4, -0.2) is 15.3 Å². The summed E-state index contributed by atoms with van der Waals surface area (Å²) in [6.07, 6.45) is 0. The topological polar surface area (TPSA) is 78.2 Å². The Morgan fingerprint density at radius 2 is 2.00 bits per heavy atom. The van der Waals surface area contributed by atoms with E-state index in [2.05, 4.69) is 0 Å². The molecule has 1 unspecified atom stereocenters. The third-order valence-corrected chi connectivity index (χ3v) is 4.22. The smallest absolute Gasteiger partial charge is 0.335 e. The molecule has 0 aliphatic carbocycles. The van der Waals surface area contributed by atoms with E-state index in [4.69, 9.17) is 10.4 Å². The van der Waals surface area contributed by atoms with Gasteiger partial charge in [0, 0.05) is 0 Å². The highest BCUT2D eigenvalue weighted by Gasteiger charge is 2.15. The van der Waals surface area contributed by atoms with Gasteiger partial charge in [0.2, 0.25) is 0 Å². The van der Waals surface area contributed by atoms with Crippen LogP contribution in [0.3, 0.4) is 0 Å². The molecule has 21 heavy (non-hydrogen) atoms. The Hall–Kier alpha value is -2.52. The highest BCUT2D eigenvalue weighted by atomic mass is 32.2. The molecule has 0 bridgehead atoms. The Kier molecular flexibility index (Phi) is 4.45. The summed E-state index contributed by atoms with van der Waals surface area (Å²) in [5, 5.41) is 17.9. The van der Waals surface area contributed by atoms with Crippen molar-refractivity contribution in [1.29, 1.82) is 5.26 Å². The van der Waals surface area contributed by atoms with E-state index < -0.39 is 22.6 Å². The van der Waals surface area contributed by atoms with Gasteiger partial charge in [-0.25, -0.2) is 9.18 Å². The molecule has 0 aromatic heterocycles. The number of nitrogens with zero attached hydrogens (tertiary/aromatic N) is 1. The Morgan fingerprint density at radius 1 is 1.29 bits per heavy atom. The van der Waals surface area contributed by atoms with Crippen LogP contribution >= 0.6 is 0 Å². The van der Waals surface area contributed by atoms with E-state index in [-0.39, 0.29) is 16.2 Å². The maximum absolute atomic E-state index is 13.7. The number of rotatable bonds is 4. The van der Waals surface area contributed by atoms with Crippen molar-refractivity contribution >= 4 is 16.8 Å². The zero-order valence-electron chi connectivity index (χ0n) is 10.7. The van der Waals surface area contributed by atoms with E-state index in [9.17, 15) is 13.4 Å². The molecule has 0 spiro atoms. The lowest BCUT2D eigenvalue weighted by molar-refractivity contribution is 0.0696. The average Bonchev–Trinajstić information content (AvgIpc) is 2.47. The van der Waals surface area contributed by atoms with Crippen LogP contribution in [0.25, 0.3) is 0 Å². The highest BCUT2D eigenvalue weighted by molar-refractivity contribution is 7.84. The van der Waals surface area contributed by atoms with E-state index in [0.29, 0.717) is 11.1 Å². The number of halogens is 1. The minimum absolute atomic E-state index is 0.0519. The molecule has 1 N–H and O–H groups in total. The van der Waals surface area contributed by atoms with E-state index in [1.54, 1.807) is 24.3 Å². The van der Waals surface area contributed by atoms with Crippen molar-refractivity contribution in [2.24, 2.45) is 0 Å². The third kappa shape index (κ3) is 3.33. The molecule has 2 aromatic rings. The minimum atomic E-state index is -1.77. The molecule has 106 valence electrons. The molecule has 0 fully saturated rings. The van der Waals surface area contributed by atoms with Crippen LogP contribution in [0.5, 0.6) is 0 Å². The van der Waals surface area contributed by atoms with Gasteiger partial charge < -0.3 is 5.11 Å². The van der Waals surface area contributed by atoms with Crippen LogP contribution in [0.2, 0.25) is 0 Å². The number of hydrogen-bond acceptors (Lipinski definition) is 3. The van der Waals surface area contributed by atoms with Crippen LogP contribution in [0, 0.1) is 17.1 Å². The summed E-state index contributed by atoms with van der Waals surface area (Å²) in [6.45, 7) is 0. The van der Waals surface area contributed by atoms with Gasteiger partial charge in [-0.2, -0.15) is 5.26 Å². The second-order valence-corrected chi connectivity index (χ2v) is 5.63. The summed E-state index contributed by atoms with van der Waals surface area (Å²) >= 11 is 0. The fourth-order valence-electron chi connectivity index (χ4n) is 1.79. The highest BCUT2D eigenvalue weighted by Crippen LogP contribution is 2.19. The van der Waals surface area contributed by atoms with Crippen molar-refractivity contribution in [3.05, 3.63) is 65.0 Å². The summed E-state index contributed by atoms with van der Waals surface area (Å²) in [5.41, 5.74) is 0.757. The number of hydrogen-bond donors (Lipinski definition) is 1. The van der Waals surface area contributed by atoms with Crippen LogP contribution in [-0.2, 0) is 16.6 Å². The number of aromatic carboxylic acids is 1. The SMILES string of the molecule is N#Cc1ccccc1CS(=O)c1cc(C(=O)O)ccc1F. The molecule has 4 nitrogen and oxygen atoms in total. The van der Waals surface area contributed by atoms with Crippen molar-refractivity contribution in [3.8, 4) is 6.07 Å². The maximum atomic E-state index is 13.7. The Labute approximate surface area is 122 Å². The first kappa shape index (κ1) is 14.9. The van der Waals surface area contributed by atoms with E-state index in [1.165, 1.54) is 0 Å². The molecule has 0 saturated carbocycles. The third-order valence-electron chi connectivity index (χ3n) is 2.85. The normalized spacial score (nSPS) is 11.6. The largest absolute Gasteiger partial charge is 0.478 e. The zero-order chi connectivity index (χ0) is 15.4. The van der Waals surface area contributed by atoms with Crippen molar-refractivity contribution in [2.45, 2.75) is 10.6 Å². The van der Waals surface area contributed by atoms with Gasteiger partial charge in [-0.1, -0.05) is 18.2 Å². The van der Waals surface area contributed by atoms with Crippen LogP contribution in [0.1, 0.15) is 21.5 Å². The minimum Gasteiger partial charge on any atom is -0.478 e. The lowest BCUT2D eigenvalue weighted by Gasteiger charge is -2.06. The molecule has 0 amide bonds. The maximum Gasteiger partial charge on any atom is 0.335 e. The molecule has 0 aliphatic rings. The van der Waals surface area contributed by atoms with Crippen LogP contribution in [0.15, 0.2) is 47.4 Å². The number of carbonyl (C=O) groups is 1. The number of nitriles is 1. The van der Waals surface area contributed by atoms with E-state index >= 15 is 0 Å². The van der Waals surface area contributed by atoms with Crippen molar-refractivity contribution in [3.63, 3.8) is 0 Å².